The van der Waals surface area contributed by atoms with Gasteiger partial charge >= 0.3 is 13.1 Å². The van der Waals surface area contributed by atoms with Crippen molar-refractivity contribution >= 4 is 30.7 Å². The lowest BCUT2D eigenvalue weighted by molar-refractivity contribution is -0.131. The Hall–Kier alpha value is -2.57. The van der Waals surface area contributed by atoms with E-state index in [0.29, 0.717) is 5.56 Å². The highest BCUT2D eigenvalue weighted by Crippen LogP contribution is 2.17. The molecule has 2 N–H and O–H groups in total. The van der Waals surface area contributed by atoms with Crippen LogP contribution in [0.5, 0.6) is 11.5 Å². The summed E-state index contributed by atoms with van der Waals surface area (Å²) in [4.78, 5) is 11.1. The molecule has 0 aliphatic carbocycles. The summed E-state index contributed by atoms with van der Waals surface area (Å²) in [5, 5.41) is 18.7. The van der Waals surface area contributed by atoms with Crippen molar-refractivity contribution in [3.63, 3.8) is 0 Å². The van der Waals surface area contributed by atoms with Gasteiger partial charge in [0.25, 0.3) is 0 Å². The highest BCUT2D eigenvalue weighted by molar-refractivity contribution is 6.58. The highest BCUT2D eigenvalue weighted by Gasteiger charge is 2.13. The quantitative estimate of drug-likeness (QED) is 0.378. The van der Waals surface area contributed by atoms with Gasteiger partial charge in [-0.25, -0.2) is 0 Å². The Morgan fingerprint density at radius 3 is 2.22 bits per heavy atom. The van der Waals surface area contributed by atoms with Gasteiger partial charge in [-0.3, -0.25) is 4.79 Å². The highest BCUT2D eigenvalue weighted by atomic mass is 16.5. The molecule has 0 amide bonds. The minimum absolute atomic E-state index is 0.248. The monoisotopic (exact) mass is 312 g/mol. The average Bonchev–Trinajstić information content (AvgIpc) is 2.52. The fourth-order valence-electron chi connectivity index (χ4n) is 2.02. The predicted molar refractivity (Wildman–Crippen MR) is 89.5 cm³/mol. The lowest BCUT2D eigenvalue weighted by Gasteiger charge is -2.07. The van der Waals surface area contributed by atoms with Crippen molar-refractivity contribution in [1.82, 2.24) is 0 Å². The number of carbonyl (C=O) groups is 1. The van der Waals surface area contributed by atoms with Gasteiger partial charge in [0, 0.05) is 6.92 Å². The standard InChI is InChI=1S/C17H17BO5/c1-12(19)23-17-10-14(9-15(11-17)18(20)21)4-3-13-5-7-16(22-2)8-6-13/h3-11,20-21H,1-2H3/b4-3+. The lowest BCUT2D eigenvalue weighted by Crippen LogP contribution is -2.30. The second-order valence-electron chi connectivity index (χ2n) is 4.91. The fraction of sp³-hybridized carbons (Fsp3) is 0.118. The number of hydrogen-bond donors (Lipinski definition) is 2. The minimum atomic E-state index is -1.64. The molecule has 118 valence electrons. The van der Waals surface area contributed by atoms with Gasteiger partial charge in [-0.15, -0.1) is 0 Å². The van der Waals surface area contributed by atoms with Gasteiger partial charge in [0.15, 0.2) is 0 Å². The molecule has 0 aliphatic heterocycles. The van der Waals surface area contributed by atoms with Crippen LogP contribution in [-0.4, -0.2) is 30.2 Å². The molecule has 0 unspecified atom stereocenters. The van der Waals surface area contributed by atoms with E-state index in [-0.39, 0.29) is 11.2 Å². The third-order valence-corrected chi connectivity index (χ3v) is 3.09. The maximum Gasteiger partial charge on any atom is 0.488 e. The average molecular weight is 312 g/mol. The second-order valence-corrected chi connectivity index (χ2v) is 4.91. The Bertz CT molecular complexity index is 707. The first-order valence-electron chi connectivity index (χ1n) is 6.99. The van der Waals surface area contributed by atoms with E-state index in [1.54, 1.807) is 25.3 Å². The van der Waals surface area contributed by atoms with E-state index >= 15 is 0 Å². The summed E-state index contributed by atoms with van der Waals surface area (Å²) < 4.78 is 10.1. The van der Waals surface area contributed by atoms with Crippen LogP contribution in [-0.2, 0) is 4.79 Å². The van der Waals surface area contributed by atoms with Gasteiger partial charge in [0.05, 0.1) is 7.11 Å². The van der Waals surface area contributed by atoms with Crippen LogP contribution in [0, 0.1) is 0 Å². The Morgan fingerprint density at radius 2 is 1.65 bits per heavy atom. The van der Waals surface area contributed by atoms with Crippen molar-refractivity contribution in [1.29, 1.82) is 0 Å². The first-order valence-corrected chi connectivity index (χ1v) is 6.99. The molecule has 0 heterocycles. The Kier molecular flexibility index (Phi) is 5.57. The molecular formula is C17H17BO5. The fourth-order valence-corrected chi connectivity index (χ4v) is 2.02. The molecular weight excluding hydrogens is 295 g/mol. The second kappa shape index (κ2) is 7.62. The van der Waals surface area contributed by atoms with E-state index in [1.165, 1.54) is 13.0 Å². The number of ether oxygens (including phenoxy) is 2. The van der Waals surface area contributed by atoms with E-state index in [1.807, 2.05) is 30.3 Å². The largest absolute Gasteiger partial charge is 0.497 e. The van der Waals surface area contributed by atoms with Crippen LogP contribution in [0.1, 0.15) is 18.1 Å². The topological polar surface area (TPSA) is 76.0 Å². The molecule has 2 aromatic rings. The number of hydrogen-bond acceptors (Lipinski definition) is 5. The molecule has 0 atom stereocenters. The zero-order chi connectivity index (χ0) is 16.8. The lowest BCUT2D eigenvalue weighted by atomic mass is 9.79. The molecule has 0 spiro atoms. The van der Waals surface area contributed by atoms with Crippen LogP contribution in [0.4, 0.5) is 0 Å². The minimum Gasteiger partial charge on any atom is -0.497 e. The molecule has 0 saturated heterocycles. The number of methoxy groups -OCH3 is 1. The summed E-state index contributed by atoms with van der Waals surface area (Å²) in [5.41, 5.74) is 1.88. The van der Waals surface area contributed by atoms with Crippen LogP contribution in [0.3, 0.4) is 0 Å². The molecule has 23 heavy (non-hydrogen) atoms. The third kappa shape index (κ3) is 4.98. The van der Waals surface area contributed by atoms with Crippen molar-refractivity contribution in [2.24, 2.45) is 0 Å². The molecule has 2 aromatic carbocycles. The molecule has 6 heteroatoms. The molecule has 0 bridgehead atoms. The molecule has 0 radical (unpaired) electrons. The molecule has 2 rings (SSSR count). The summed E-state index contributed by atoms with van der Waals surface area (Å²) >= 11 is 0. The number of esters is 1. The van der Waals surface area contributed by atoms with Gasteiger partial charge in [0.2, 0.25) is 0 Å². The molecule has 0 aromatic heterocycles. The van der Waals surface area contributed by atoms with Crippen LogP contribution < -0.4 is 14.9 Å². The van der Waals surface area contributed by atoms with Gasteiger partial charge in [-0.1, -0.05) is 30.4 Å². The number of carbonyl (C=O) groups excluding carboxylic acids is 1. The normalized spacial score (nSPS) is 10.6. The summed E-state index contributed by atoms with van der Waals surface area (Å²) in [6.45, 7) is 1.29. The Labute approximate surface area is 134 Å². The van der Waals surface area contributed by atoms with Crippen molar-refractivity contribution in [2.45, 2.75) is 6.92 Å². The zero-order valence-electron chi connectivity index (χ0n) is 12.9. The Morgan fingerprint density at radius 1 is 1.00 bits per heavy atom. The van der Waals surface area contributed by atoms with Crippen molar-refractivity contribution in [2.75, 3.05) is 7.11 Å². The van der Waals surface area contributed by atoms with Crippen molar-refractivity contribution in [3.05, 3.63) is 53.6 Å². The number of rotatable bonds is 5. The summed E-state index contributed by atoms with van der Waals surface area (Å²) in [5.74, 6) is 0.557. The molecule has 0 aliphatic rings. The predicted octanol–water partition coefficient (Wildman–Crippen LogP) is 1.47. The first kappa shape index (κ1) is 16.8. The van der Waals surface area contributed by atoms with Crippen LogP contribution in [0.25, 0.3) is 12.2 Å². The maximum atomic E-state index is 11.1. The Balaban J connectivity index is 2.27. The smallest absolute Gasteiger partial charge is 0.488 e. The van der Waals surface area contributed by atoms with Crippen LogP contribution in [0.15, 0.2) is 42.5 Å². The van der Waals surface area contributed by atoms with Crippen molar-refractivity contribution in [3.8, 4) is 11.5 Å². The van der Waals surface area contributed by atoms with Gasteiger partial charge in [-0.2, -0.15) is 0 Å². The van der Waals surface area contributed by atoms with E-state index in [0.717, 1.165) is 11.3 Å². The van der Waals surface area contributed by atoms with E-state index in [9.17, 15) is 14.8 Å². The van der Waals surface area contributed by atoms with E-state index < -0.39 is 13.1 Å². The SMILES string of the molecule is COc1ccc(/C=C/c2cc(OC(C)=O)cc(B(O)O)c2)cc1. The molecule has 5 nitrogen and oxygen atoms in total. The van der Waals surface area contributed by atoms with E-state index in [2.05, 4.69) is 0 Å². The molecule has 0 saturated carbocycles. The maximum absolute atomic E-state index is 11.1. The molecule has 0 fully saturated rings. The van der Waals surface area contributed by atoms with E-state index in [4.69, 9.17) is 9.47 Å². The third-order valence-electron chi connectivity index (χ3n) is 3.09. The summed E-state index contributed by atoms with van der Waals surface area (Å²) in [6.07, 6.45) is 3.65. The summed E-state index contributed by atoms with van der Waals surface area (Å²) in [7, 11) is -0.0359. The first-order chi connectivity index (χ1) is 11.0. The zero-order valence-corrected chi connectivity index (χ0v) is 12.9. The van der Waals surface area contributed by atoms with Crippen LogP contribution >= 0.6 is 0 Å². The van der Waals surface area contributed by atoms with Gasteiger partial charge < -0.3 is 19.5 Å². The van der Waals surface area contributed by atoms with Crippen LogP contribution in [0.2, 0.25) is 0 Å². The van der Waals surface area contributed by atoms with Gasteiger partial charge in [-0.05, 0) is 40.9 Å². The number of benzene rings is 2. The van der Waals surface area contributed by atoms with Crippen molar-refractivity contribution < 1.29 is 24.3 Å². The summed E-state index contributed by atoms with van der Waals surface area (Å²) in [6, 6.07) is 12.2. The van der Waals surface area contributed by atoms with Gasteiger partial charge in [0.1, 0.15) is 11.5 Å².